The largest absolute Gasteiger partial charge is 0.349 e. The molecule has 28 heavy (non-hydrogen) atoms. The summed E-state index contributed by atoms with van der Waals surface area (Å²) in [6.45, 7) is 3.56. The number of rotatable bonds is 4. The molecule has 0 unspecified atom stereocenters. The van der Waals surface area contributed by atoms with Crippen molar-refractivity contribution in [1.29, 1.82) is 0 Å². The molecule has 1 aromatic rings. The molecule has 3 fully saturated rings. The maximum Gasteiger partial charge on any atom is 0.259 e. The molecule has 1 N–H and O–H groups in total. The number of nitrogens with zero attached hydrogens (tertiary/aromatic N) is 2. The van der Waals surface area contributed by atoms with Crippen LogP contribution in [0.2, 0.25) is 0 Å². The van der Waals surface area contributed by atoms with Gasteiger partial charge in [0.2, 0.25) is 5.43 Å². The third-order valence-electron chi connectivity index (χ3n) is 6.50. The highest BCUT2D eigenvalue weighted by molar-refractivity contribution is 5.99. The second-order valence-corrected chi connectivity index (χ2v) is 8.88. The van der Waals surface area contributed by atoms with Crippen molar-refractivity contribution in [2.24, 2.45) is 5.92 Å². The summed E-state index contributed by atoms with van der Waals surface area (Å²) < 4.78 is 1.97. The number of hydrogen-bond acceptors (Lipinski definition) is 3. The van der Waals surface area contributed by atoms with Crippen molar-refractivity contribution in [1.82, 2.24) is 14.8 Å². The number of pyridine rings is 1. The molecule has 6 nitrogen and oxygen atoms in total. The zero-order valence-corrected chi connectivity index (χ0v) is 16.8. The van der Waals surface area contributed by atoms with Gasteiger partial charge in [0.05, 0.1) is 0 Å². The van der Waals surface area contributed by atoms with Crippen molar-refractivity contribution in [3.05, 3.63) is 33.7 Å². The van der Waals surface area contributed by atoms with E-state index in [2.05, 4.69) is 12.2 Å². The summed E-state index contributed by atoms with van der Waals surface area (Å²) in [5, 5.41) is 2.92. The minimum absolute atomic E-state index is 0.119. The monoisotopic (exact) mass is 385 g/mol. The SMILES string of the molecule is CC1CCN(C(=O)c2cn(C3CCCCC3)cc(C(=O)NC3CC3)c2=O)CC1. The average molecular weight is 386 g/mol. The Balaban J connectivity index is 1.67. The van der Waals surface area contributed by atoms with Gasteiger partial charge in [0.15, 0.2) is 0 Å². The molecule has 0 aromatic carbocycles. The van der Waals surface area contributed by atoms with E-state index in [1.54, 1.807) is 17.3 Å². The molecule has 2 amide bonds. The first-order valence-corrected chi connectivity index (χ1v) is 10.9. The van der Waals surface area contributed by atoms with Crippen LogP contribution in [-0.4, -0.2) is 40.4 Å². The van der Waals surface area contributed by atoms with Crippen LogP contribution >= 0.6 is 0 Å². The molecule has 1 aromatic heterocycles. The molecule has 4 rings (SSSR count). The van der Waals surface area contributed by atoms with E-state index >= 15 is 0 Å². The average Bonchev–Trinajstić information content (AvgIpc) is 3.53. The molecule has 0 spiro atoms. The minimum atomic E-state index is -0.422. The predicted octanol–water partition coefficient (Wildman–Crippen LogP) is 3.12. The fourth-order valence-corrected chi connectivity index (χ4v) is 4.37. The van der Waals surface area contributed by atoms with Gasteiger partial charge in [0.1, 0.15) is 11.1 Å². The molecule has 3 aliphatic rings. The first kappa shape index (κ1) is 19.2. The Morgan fingerprint density at radius 3 is 2.21 bits per heavy atom. The Morgan fingerprint density at radius 2 is 1.57 bits per heavy atom. The van der Waals surface area contributed by atoms with Crippen LogP contribution in [0.15, 0.2) is 17.2 Å². The maximum atomic E-state index is 13.2. The molecular weight excluding hydrogens is 354 g/mol. The molecule has 0 radical (unpaired) electrons. The molecule has 1 saturated heterocycles. The van der Waals surface area contributed by atoms with Crippen LogP contribution in [0, 0.1) is 5.92 Å². The highest BCUT2D eigenvalue weighted by Gasteiger charge is 2.29. The van der Waals surface area contributed by atoms with Crippen LogP contribution in [0.5, 0.6) is 0 Å². The Kier molecular flexibility index (Phi) is 5.56. The third-order valence-corrected chi connectivity index (χ3v) is 6.50. The standard InChI is InChI=1S/C22H31N3O3/c1-15-9-11-24(12-10-15)22(28)19-14-25(17-5-3-2-4-6-17)13-18(20(19)26)21(27)23-16-7-8-16/h13-17H,2-12H2,1H3,(H,23,27). The molecule has 152 valence electrons. The van der Waals surface area contributed by atoms with Gasteiger partial charge in [-0.3, -0.25) is 14.4 Å². The zero-order chi connectivity index (χ0) is 19.7. The molecule has 0 bridgehead atoms. The smallest absolute Gasteiger partial charge is 0.259 e. The maximum absolute atomic E-state index is 13.2. The molecule has 0 atom stereocenters. The van der Waals surface area contributed by atoms with E-state index in [4.69, 9.17) is 0 Å². The van der Waals surface area contributed by atoms with Crippen molar-refractivity contribution in [2.75, 3.05) is 13.1 Å². The summed E-state index contributed by atoms with van der Waals surface area (Å²) in [5.74, 6) is 0.0557. The van der Waals surface area contributed by atoms with E-state index in [-0.39, 0.29) is 35.0 Å². The third kappa shape index (κ3) is 4.15. The van der Waals surface area contributed by atoms with Crippen molar-refractivity contribution >= 4 is 11.8 Å². The van der Waals surface area contributed by atoms with E-state index < -0.39 is 5.43 Å². The molecular formula is C22H31N3O3. The van der Waals surface area contributed by atoms with E-state index in [1.807, 2.05) is 4.57 Å². The lowest BCUT2D eigenvalue weighted by Crippen LogP contribution is -2.41. The lowest BCUT2D eigenvalue weighted by atomic mass is 9.94. The Bertz CT molecular complexity index is 798. The second-order valence-electron chi connectivity index (χ2n) is 8.88. The fraction of sp³-hybridized carbons (Fsp3) is 0.682. The second kappa shape index (κ2) is 8.10. The van der Waals surface area contributed by atoms with E-state index in [9.17, 15) is 14.4 Å². The van der Waals surface area contributed by atoms with Gasteiger partial charge < -0.3 is 14.8 Å². The van der Waals surface area contributed by atoms with E-state index in [0.29, 0.717) is 19.0 Å². The van der Waals surface area contributed by atoms with Crippen LogP contribution in [-0.2, 0) is 0 Å². The Morgan fingerprint density at radius 1 is 0.929 bits per heavy atom. The highest BCUT2D eigenvalue weighted by Crippen LogP contribution is 2.28. The number of aromatic nitrogens is 1. The van der Waals surface area contributed by atoms with Gasteiger partial charge in [-0.15, -0.1) is 0 Å². The van der Waals surface area contributed by atoms with Crippen LogP contribution in [0.1, 0.15) is 91.5 Å². The van der Waals surface area contributed by atoms with Crippen molar-refractivity contribution in [3.63, 3.8) is 0 Å². The summed E-state index contributed by atoms with van der Waals surface area (Å²) in [5.41, 5.74) is -0.147. The molecule has 1 aliphatic heterocycles. The van der Waals surface area contributed by atoms with Crippen LogP contribution in [0.3, 0.4) is 0 Å². The summed E-state index contributed by atoms with van der Waals surface area (Å²) in [7, 11) is 0. The van der Waals surface area contributed by atoms with Gasteiger partial charge in [-0.1, -0.05) is 26.2 Å². The predicted molar refractivity (Wildman–Crippen MR) is 108 cm³/mol. The van der Waals surface area contributed by atoms with Gasteiger partial charge in [-0.05, 0) is 44.4 Å². The van der Waals surface area contributed by atoms with Gasteiger partial charge in [0, 0.05) is 37.6 Å². The number of carbonyl (C=O) groups is 2. The van der Waals surface area contributed by atoms with Crippen LogP contribution < -0.4 is 10.7 Å². The summed E-state index contributed by atoms with van der Waals surface area (Å²) in [6, 6.07) is 0.438. The van der Waals surface area contributed by atoms with Crippen LogP contribution in [0.4, 0.5) is 0 Å². The minimum Gasteiger partial charge on any atom is -0.349 e. The number of piperidine rings is 1. The Labute approximate surface area is 166 Å². The topological polar surface area (TPSA) is 71.4 Å². The van der Waals surface area contributed by atoms with Crippen molar-refractivity contribution in [2.45, 2.75) is 76.8 Å². The van der Waals surface area contributed by atoms with Gasteiger partial charge in [-0.25, -0.2) is 0 Å². The summed E-state index contributed by atoms with van der Waals surface area (Å²) >= 11 is 0. The van der Waals surface area contributed by atoms with Gasteiger partial charge >= 0.3 is 0 Å². The molecule has 2 aliphatic carbocycles. The van der Waals surface area contributed by atoms with Crippen molar-refractivity contribution < 1.29 is 9.59 Å². The highest BCUT2D eigenvalue weighted by atomic mass is 16.2. The van der Waals surface area contributed by atoms with Crippen molar-refractivity contribution in [3.8, 4) is 0 Å². The van der Waals surface area contributed by atoms with Gasteiger partial charge in [-0.2, -0.15) is 0 Å². The quantitative estimate of drug-likeness (QED) is 0.866. The number of hydrogen-bond donors (Lipinski definition) is 1. The lowest BCUT2D eigenvalue weighted by Gasteiger charge is -2.31. The summed E-state index contributed by atoms with van der Waals surface area (Å²) in [6.07, 6.45) is 12.8. The lowest BCUT2D eigenvalue weighted by molar-refractivity contribution is 0.0694. The zero-order valence-electron chi connectivity index (χ0n) is 16.8. The molecule has 6 heteroatoms. The molecule has 2 saturated carbocycles. The van der Waals surface area contributed by atoms with Crippen LogP contribution in [0.25, 0.3) is 0 Å². The Hall–Kier alpha value is -2.11. The normalized spacial score (nSPS) is 21.5. The first-order valence-electron chi connectivity index (χ1n) is 10.9. The summed E-state index contributed by atoms with van der Waals surface area (Å²) in [4.78, 5) is 40.7. The number of nitrogens with one attached hydrogen (secondary N) is 1. The first-order chi connectivity index (χ1) is 13.5. The number of carbonyl (C=O) groups excluding carboxylic acids is 2. The fourth-order valence-electron chi connectivity index (χ4n) is 4.37. The van der Waals surface area contributed by atoms with Gasteiger partial charge in [0.25, 0.3) is 11.8 Å². The van der Waals surface area contributed by atoms with E-state index in [1.165, 1.54) is 6.42 Å². The molecule has 2 heterocycles. The number of likely N-dealkylation sites (tertiary alicyclic amines) is 1. The number of amides is 2. The van der Waals surface area contributed by atoms with E-state index in [0.717, 1.165) is 51.4 Å².